The second-order valence-corrected chi connectivity index (χ2v) is 8.86. The number of guanidine groups is 1. The van der Waals surface area contributed by atoms with Crippen molar-refractivity contribution in [2.75, 3.05) is 12.3 Å². The van der Waals surface area contributed by atoms with Gasteiger partial charge in [0.15, 0.2) is 5.96 Å². The second-order valence-electron chi connectivity index (χ2n) is 8.49. The lowest BCUT2D eigenvalue weighted by atomic mass is 10.0. The van der Waals surface area contributed by atoms with Crippen LogP contribution in [-0.4, -0.2) is 76.2 Å². The number of thiol groups is 1. The highest BCUT2D eigenvalue weighted by Crippen LogP contribution is 2.19. The van der Waals surface area contributed by atoms with Gasteiger partial charge in [0.05, 0.1) is 6.04 Å². The Morgan fingerprint density at radius 2 is 1.70 bits per heavy atom. The minimum absolute atomic E-state index is 0.0611. The number of carbonyl (C=O) groups is 4. The van der Waals surface area contributed by atoms with Gasteiger partial charge in [-0.3, -0.25) is 24.2 Å². The highest BCUT2D eigenvalue weighted by atomic mass is 32.1. The molecule has 0 aliphatic rings. The van der Waals surface area contributed by atoms with E-state index < -0.39 is 47.9 Å². The van der Waals surface area contributed by atoms with E-state index in [1.54, 1.807) is 6.20 Å². The van der Waals surface area contributed by atoms with Gasteiger partial charge in [-0.1, -0.05) is 18.2 Å². The molecule has 0 bridgehead atoms. The molecule has 0 radical (unpaired) electrons. The molecular formula is C23H34N8O5S. The molecule has 4 atom stereocenters. The van der Waals surface area contributed by atoms with Crippen LogP contribution in [0.4, 0.5) is 0 Å². The van der Waals surface area contributed by atoms with E-state index in [1.165, 1.54) is 6.92 Å². The normalized spacial score (nSPS) is 14.1. The van der Waals surface area contributed by atoms with Gasteiger partial charge in [0.2, 0.25) is 17.7 Å². The van der Waals surface area contributed by atoms with Crippen LogP contribution >= 0.6 is 12.6 Å². The number of amides is 3. The maximum absolute atomic E-state index is 13.2. The average Bonchev–Trinajstić information content (AvgIpc) is 3.26. The van der Waals surface area contributed by atoms with E-state index >= 15 is 0 Å². The Morgan fingerprint density at radius 3 is 2.35 bits per heavy atom. The monoisotopic (exact) mass is 534 g/mol. The molecule has 1 heterocycles. The number of aromatic amines is 1. The van der Waals surface area contributed by atoms with Crippen molar-refractivity contribution in [2.24, 2.45) is 22.2 Å². The van der Waals surface area contributed by atoms with Gasteiger partial charge in [0, 0.05) is 35.8 Å². The molecule has 1 aromatic carbocycles. The van der Waals surface area contributed by atoms with Crippen molar-refractivity contribution in [1.29, 1.82) is 0 Å². The van der Waals surface area contributed by atoms with Gasteiger partial charge >= 0.3 is 5.97 Å². The van der Waals surface area contributed by atoms with Crippen molar-refractivity contribution in [3.63, 3.8) is 0 Å². The summed E-state index contributed by atoms with van der Waals surface area (Å²) in [5.41, 5.74) is 18.2. The molecule has 0 spiro atoms. The third-order valence-electron chi connectivity index (χ3n) is 5.58. The molecule has 13 nitrogen and oxygen atoms in total. The minimum atomic E-state index is -1.23. The van der Waals surface area contributed by atoms with Crippen molar-refractivity contribution in [2.45, 2.75) is 50.4 Å². The van der Waals surface area contributed by atoms with Gasteiger partial charge in [0.25, 0.3) is 0 Å². The van der Waals surface area contributed by atoms with Crippen LogP contribution in [0.15, 0.2) is 35.5 Å². The molecule has 4 unspecified atom stereocenters. The van der Waals surface area contributed by atoms with Crippen LogP contribution in [0.5, 0.6) is 0 Å². The third-order valence-corrected chi connectivity index (χ3v) is 5.95. The number of para-hydroxylation sites is 1. The molecule has 0 saturated carbocycles. The average molecular weight is 535 g/mol. The summed E-state index contributed by atoms with van der Waals surface area (Å²) in [6, 6.07) is 3.18. The molecule has 3 amide bonds. The molecule has 1 aromatic heterocycles. The molecule has 14 heteroatoms. The first-order valence-electron chi connectivity index (χ1n) is 11.6. The number of aromatic nitrogens is 1. The van der Waals surface area contributed by atoms with Crippen LogP contribution in [0.1, 0.15) is 25.3 Å². The quantitative estimate of drug-likeness (QED) is 0.0602. The smallest absolute Gasteiger partial charge is 0.325 e. The summed E-state index contributed by atoms with van der Waals surface area (Å²) in [6.45, 7) is 1.60. The van der Waals surface area contributed by atoms with Gasteiger partial charge in [-0.2, -0.15) is 12.6 Å². The predicted octanol–water partition coefficient (Wildman–Crippen LogP) is -1.42. The number of rotatable bonds is 14. The number of carbonyl (C=O) groups excluding carboxylic acids is 3. The summed E-state index contributed by atoms with van der Waals surface area (Å²) in [7, 11) is 0. The Bertz CT molecular complexity index is 1130. The standard InChI is InChI=1S/C23H34N8O5S/c1-12(22(35)36)29-21(34)18(11-37)31-20(33)17(9-13-10-28-16-7-3-2-5-14(13)16)30-19(32)15(24)6-4-8-27-23(25)26/h2-3,5,7,10,12,15,17-18,28,37H,4,6,8-9,11,24H2,1H3,(H,29,34)(H,30,32)(H,31,33)(H,35,36)(H4,25,26,27). The zero-order valence-electron chi connectivity index (χ0n) is 20.4. The van der Waals surface area contributed by atoms with Crippen LogP contribution in [0, 0.1) is 0 Å². The fraction of sp³-hybridized carbons (Fsp3) is 0.435. The number of nitrogens with zero attached hydrogens (tertiary/aromatic N) is 1. The van der Waals surface area contributed by atoms with E-state index in [4.69, 9.17) is 22.3 Å². The predicted molar refractivity (Wildman–Crippen MR) is 143 cm³/mol. The number of hydrogen-bond donors (Lipinski definition) is 9. The van der Waals surface area contributed by atoms with E-state index in [0.29, 0.717) is 13.0 Å². The Labute approximate surface area is 219 Å². The molecule has 2 aromatic rings. The fourth-order valence-electron chi connectivity index (χ4n) is 3.50. The van der Waals surface area contributed by atoms with Gasteiger partial charge in [-0.05, 0) is 31.4 Å². The highest BCUT2D eigenvalue weighted by Gasteiger charge is 2.29. The lowest BCUT2D eigenvalue weighted by Gasteiger charge is -2.24. The number of benzene rings is 1. The van der Waals surface area contributed by atoms with Gasteiger partial charge < -0.3 is 43.2 Å². The Hall–Kier alpha value is -3.78. The van der Waals surface area contributed by atoms with Crippen LogP contribution < -0.4 is 33.2 Å². The summed E-state index contributed by atoms with van der Waals surface area (Å²) >= 11 is 4.11. The van der Waals surface area contributed by atoms with Gasteiger partial charge in [-0.15, -0.1) is 0 Å². The molecular weight excluding hydrogens is 500 g/mol. The van der Waals surface area contributed by atoms with E-state index in [2.05, 4.69) is 38.6 Å². The molecule has 0 aliphatic heterocycles. The summed E-state index contributed by atoms with van der Waals surface area (Å²) in [6.07, 6.45) is 2.58. The summed E-state index contributed by atoms with van der Waals surface area (Å²) in [4.78, 5) is 56.6. The summed E-state index contributed by atoms with van der Waals surface area (Å²) in [5, 5.41) is 17.4. The van der Waals surface area contributed by atoms with Crippen molar-refractivity contribution in [3.8, 4) is 0 Å². The van der Waals surface area contributed by atoms with Gasteiger partial charge in [-0.25, -0.2) is 0 Å². The minimum Gasteiger partial charge on any atom is -0.480 e. The number of carboxylic acid groups (broad SMARTS) is 1. The second kappa shape index (κ2) is 14.1. The lowest BCUT2D eigenvalue weighted by Crippen LogP contribution is -2.57. The van der Waals surface area contributed by atoms with E-state index in [1.807, 2.05) is 24.3 Å². The van der Waals surface area contributed by atoms with Crippen molar-refractivity contribution in [3.05, 3.63) is 36.0 Å². The number of carboxylic acids is 1. The SMILES string of the molecule is CC(NC(=O)C(CS)NC(=O)C(Cc1c[nH]c2ccccc12)NC(=O)C(N)CCCN=C(N)N)C(=O)O. The van der Waals surface area contributed by atoms with Crippen LogP contribution in [0.25, 0.3) is 10.9 Å². The van der Waals surface area contributed by atoms with Crippen molar-refractivity contribution in [1.82, 2.24) is 20.9 Å². The molecule has 0 saturated heterocycles. The van der Waals surface area contributed by atoms with E-state index in [0.717, 1.165) is 16.5 Å². The Morgan fingerprint density at radius 1 is 1.05 bits per heavy atom. The Kier molecular flexibility index (Phi) is 11.2. The largest absolute Gasteiger partial charge is 0.480 e. The number of aliphatic imine (C=N–C) groups is 1. The number of nitrogens with one attached hydrogen (secondary N) is 4. The first kappa shape index (κ1) is 29.5. The molecule has 2 rings (SSSR count). The van der Waals surface area contributed by atoms with E-state index in [-0.39, 0.29) is 24.6 Å². The van der Waals surface area contributed by atoms with Crippen molar-refractivity contribution < 1.29 is 24.3 Å². The van der Waals surface area contributed by atoms with Crippen LogP contribution in [0.3, 0.4) is 0 Å². The lowest BCUT2D eigenvalue weighted by molar-refractivity contribution is -0.141. The maximum Gasteiger partial charge on any atom is 0.325 e. The van der Waals surface area contributed by atoms with Crippen LogP contribution in [0.2, 0.25) is 0 Å². The molecule has 37 heavy (non-hydrogen) atoms. The van der Waals surface area contributed by atoms with Crippen molar-refractivity contribution >= 4 is 53.2 Å². The van der Waals surface area contributed by atoms with Gasteiger partial charge in [0.1, 0.15) is 18.1 Å². The first-order valence-corrected chi connectivity index (χ1v) is 12.3. The molecule has 202 valence electrons. The van der Waals surface area contributed by atoms with E-state index in [9.17, 15) is 19.2 Å². The molecule has 11 N–H and O–H groups in total. The maximum atomic E-state index is 13.2. The number of fused-ring (bicyclic) bond motifs is 1. The zero-order chi connectivity index (χ0) is 27.5. The zero-order valence-corrected chi connectivity index (χ0v) is 21.3. The molecule has 0 aliphatic carbocycles. The summed E-state index contributed by atoms with van der Waals surface area (Å²) in [5.74, 6) is -3.31. The number of aliphatic carboxylic acids is 1. The molecule has 0 fully saturated rings. The topological polar surface area (TPSA) is 231 Å². The summed E-state index contributed by atoms with van der Waals surface area (Å²) < 4.78 is 0. The number of hydrogen-bond acceptors (Lipinski definition) is 7. The number of nitrogens with two attached hydrogens (primary N) is 3. The Balaban J connectivity index is 2.17. The van der Waals surface area contributed by atoms with Crippen LogP contribution in [-0.2, 0) is 25.6 Å². The number of H-pyrrole nitrogens is 1. The highest BCUT2D eigenvalue weighted by molar-refractivity contribution is 7.80. The third kappa shape index (κ3) is 8.99. The fourth-order valence-corrected chi connectivity index (χ4v) is 3.76. The first-order chi connectivity index (χ1) is 17.5.